The lowest BCUT2D eigenvalue weighted by Crippen LogP contribution is -2.48. The summed E-state index contributed by atoms with van der Waals surface area (Å²) in [5.74, 6) is 1.13. The van der Waals surface area contributed by atoms with Crippen LogP contribution in [0.2, 0.25) is 5.02 Å². The molecule has 0 N–H and O–H groups in total. The van der Waals surface area contributed by atoms with E-state index in [0.717, 1.165) is 71.3 Å². The molecule has 3 aromatic carbocycles. The maximum absolute atomic E-state index is 13.0. The van der Waals surface area contributed by atoms with Crippen molar-refractivity contribution >= 4 is 28.5 Å². The van der Waals surface area contributed by atoms with E-state index in [4.69, 9.17) is 16.6 Å². The number of hydrogen-bond donors (Lipinski definition) is 0. The number of fused-ring (bicyclic) bond motifs is 1. The van der Waals surface area contributed by atoms with E-state index in [1.165, 1.54) is 11.1 Å². The highest BCUT2D eigenvalue weighted by molar-refractivity contribution is 6.30. The van der Waals surface area contributed by atoms with Crippen molar-refractivity contribution in [3.63, 3.8) is 0 Å². The van der Waals surface area contributed by atoms with Crippen molar-refractivity contribution in [3.05, 3.63) is 99.3 Å². The summed E-state index contributed by atoms with van der Waals surface area (Å²) >= 11 is 6.25. The number of amides is 1. The Hall–Kier alpha value is -3.15. The van der Waals surface area contributed by atoms with Crippen molar-refractivity contribution in [3.8, 4) is 0 Å². The third kappa shape index (κ3) is 5.18. The van der Waals surface area contributed by atoms with E-state index < -0.39 is 0 Å². The molecule has 1 amide bonds. The summed E-state index contributed by atoms with van der Waals surface area (Å²) in [7, 11) is 0. The Labute approximate surface area is 218 Å². The number of halogens is 1. The van der Waals surface area contributed by atoms with Crippen molar-refractivity contribution in [2.75, 3.05) is 32.7 Å². The predicted molar refractivity (Wildman–Crippen MR) is 147 cm³/mol. The van der Waals surface area contributed by atoms with Gasteiger partial charge < -0.3 is 14.4 Å². The second kappa shape index (κ2) is 10.5. The Balaban J connectivity index is 1.41. The predicted octanol–water partition coefficient (Wildman–Crippen LogP) is 5.72. The lowest BCUT2D eigenvalue weighted by atomic mass is 10.1. The molecule has 186 valence electrons. The zero-order chi connectivity index (χ0) is 25.2. The van der Waals surface area contributed by atoms with Gasteiger partial charge in [0.1, 0.15) is 5.82 Å². The van der Waals surface area contributed by atoms with Crippen LogP contribution in [0.4, 0.5) is 0 Å². The van der Waals surface area contributed by atoms with E-state index in [0.29, 0.717) is 13.0 Å². The van der Waals surface area contributed by atoms with Gasteiger partial charge in [0.25, 0.3) is 5.91 Å². The molecule has 0 atom stereocenters. The van der Waals surface area contributed by atoms with Gasteiger partial charge in [0, 0.05) is 49.7 Å². The summed E-state index contributed by atoms with van der Waals surface area (Å²) in [6.45, 7) is 11.7. The van der Waals surface area contributed by atoms with Gasteiger partial charge in [0.2, 0.25) is 0 Å². The van der Waals surface area contributed by atoms with Crippen molar-refractivity contribution < 1.29 is 4.79 Å². The van der Waals surface area contributed by atoms with Crippen LogP contribution in [0.5, 0.6) is 0 Å². The number of nitrogens with zero attached hydrogens (tertiary/aromatic N) is 4. The number of likely N-dealkylation sites (N-methyl/N-ethyl adjacent to an activating group) is 1. The highest BCUT2D eigenvalue weighted by atomic mass is 35.5. The highest BCUT2D eigenvalue weighted by Crippen LogP contribution is 2.25. The fraction of sp³-hybridized carbons (Fsp3) is 0.333. The molecule has 5 nitrogen and oxygen atoms in total. The molecular formula is C30H33ClN4O. The van der Waals surface area contributed by atoms with Gasteiger partial charge in [-0.1, -0.05) is 42.8 Å². The minimum atomic E-state index is 0.123. The van der Waals surface area contributed by atoms with Crippen LogP contribution in [0, 0.1) is 13.8 Å². The monoisotopic (exact) mass is 500 g/mol. The number of carbonyl (C=O) groups excluding carboxylic acids is 1. The Morgan fingerprint density at radius 1 is 0.917 bits per heavy atom. The summed E-state index contributed by atoms with van der Waals surface area (Å²) in [5.41, 5.74) is 7.66. The van der Waals surface area contributed by atoms with E-state index in [2.05, 4.69) is 60.6 Å². The van der Waals surface area contributed by atoms with Crippen molar-refractivity contribution in [1.29, 1.82) is 0 Å². The maximum Gasteiger partial charge on any atom is 0.253 e. The number of hydrogen-bond acceptors (Lipinski definition) is 3. The number of benzene rings is 3. The number of imidazole rings is 1. The molecule has 6 heteroatoms. The molecule has 1 aliphatic rings. The normalized spacial score (nSPS) is 14.5. The van der Waals surface area contributed by atoms with Gasteiger partial charge in [-0.05, 0) is 79.0 Å². The number of piperazine rings is 1. The molecule has 2 heterocycles. The van der Waals surface area contributed by atoms with Gasteiger partial charge in [-0.2, -0.15) is 0 Å². The van der Waals surface area contributed by atoms with Crippen molar-refractivity contribution in [2.24, 2.45) is 0 Å². The topological polar surface area (TPSA) is 41.4 Å². The van der Waals surface area contributed by atoms with Crippen LogP contribution in [0.25, 0.3) is 11.0 Å². The summed E-state index contributed by atoms with van der Waals surface area (Å²) in [5, 5.41) is 0.734. The smallest absolute Gasteiger partial charge is 0.253 e. The second-order valence-electron chi connectivity index (χ2n) is 9.77. The third-order valence-electron chi connectivity index (χ3n) is 7.34. The molecule has 5 rings (SSSR count). The molecule has 1 aliphatic heterocycles. The van der Waals surface area contributed by atoms with Crippen LogP contribution >= 0.6 is 11.6 Å². The van der Waals surface area contributed by atoms with Crippen LogP contribution in [0.1, 0.15) is 45.4 Å². The molecule has 1 fully saturated rings. The summed E-state index contributed by atoms with van der Waals surface area (Å²) in [6, 6.07) is 20.5. The van der Waals surface area contributed by atoms with Crippen LogP contribution < -0.4 is 0 Å². The van der Waals surface area contributed by atoms with Crippen molar-refractivity contribution in [1.82, 2.24) is 19.4 Å². The first-order valence-corrected chi connectivity index (χ1v) is 13.1. The fourth-order valence-electron chi connectivity index (χ4n) is 4.96. The van der Waals surface area contributed by atoms with Gasteiger partial charge in [-0.25, -0.2) is 4.98 Å². The van der Waals surface area contributed by atoms with Gasteiger partial charge in [0.15, 0.2) is 0 Å². The average molecular weight is 501 g/mol. The number of aryl methyl sites for hydroxylation is 2. The minimum absolute atomic E-state index is 0.123. The Kier molecular flexibility index (Phi) is 7.13. The molecule has 4 aromatic rings. The quantitative estimate of drug-likeness (QED) is 0.340. The summed E-state index contributed by atoms with van der Waals surface area (Å²) < 4.78 is 2.30. The summed E-state index contributed by atoms with van der Waals surface area (Å²) in [6.07, 6.45) is 0.702. The number of carbonyl (C=O) groups is 1. The van der Waals surface area contributed by atoms with Gasteiger partial charge >= 0.3 is 0 Å². The third-order valence-corrected chi connectivity index (χ3v) is 7.58. The first kappa shape index (κ1) is 24.5. The van der Waals surface area contributed by atoms with Gasteiger partial charge in [-0.15, -0.1) is 0 Å². The highest BCUT2D eigenvalue weighted by Gasteiger charge is 2.21. The molecule has 0 unspecified atom stereocenters. The zero-order valence-corrected chi connectivity index (χ0v) is 22.1. The molecule has 0 bridgehead atoms. The standard InChI is InChI=1S/C30H33ClN4O/c1-4-33-12-14-34(15-13-33)30(36)25-10-8-23(9-11-25)20-35-28-17-22(3)21(2)16-27(28)32-29(35)19-24-6-5-7-26(31)18-24/h5-11,16-18H,4,12-15,19-20H2,1-3H3. The summed E-state index contributed by atoms with van der Waals surface area (Å²) in [4.78, 5) is 22.4. The SMILES string of the molecule is CCN1CCN(C(=O)c2ccc(Cn3c(Cc4cccc(Cl)c4)nc4cc(C)c(C)cc43)cc2)CC1. The molecular weight excluding hydrogens is 468 g/mol. The van der Waals surface area contributed by atoms with Crippen LogP contribution in [0.15, 0.2) is 60.7 Å². The van der Waals surface area contributed by atoms with E-state index in [9.17, 15) is 4.79 Å². The first-order chi connectivity index (χ1) is 17.4. The van der Waals surface area contributed by atoms with Gasteiger partial charge in [0.05, 0.1) is 11.0 Å². The Morgan fingerprint density at radius 2 is 1.64 bits per heavy atom. The largest absolute Gasteiger partial charge is 0.336 e. The van der Waals surface area contributed by atoms with Crippen LogP contribution in [-0.4, -0.2) is 58.0 Å². The fourth-order valence-corrected chi connectivity index (χ4v) is 5.17. The lowest BCUT2D eigenvalue weighted by Gasteiger charge is -2.34. The zero-order valence-electron chi connectivity index (χ0n) is 21.3. The van der Waals surface area contributed by atoms with E-state index in [1.807, 2.05) is 35.2 Å². The van der Waals surface area contributed by atoms with E-state index in [-0.39, 0.29) is 5.91 Å². The molecule has 0 spiro atoms. The first-order valence-electron chi connectivity index (χ1n) is 12.7. The Bertz CT molecular complexity index is 1380. The lowest BCUT2D eigenvalue weighted by molar-refractivity contribution is 0.0643. The van der Waals surface area contributed by atoms with Gasteiger partial charge in [-0.3, -0.25) is 4.79 Å². The van der Waals surface area contributed by atoms with Crippen molar-refractivity contribution in [2.45, 2.75) is 33.7 Å². The molecule has 0 radical (unpaired) electrons. The molecule has 36 heavy (non-hydrogen) atoms. The Morgan fingerprint density at radius 3 is 2.33 bits per heavy atom. The van der Waals surface area contributed by atoms with Crippen LogP contribution in [0.3, 0.4) is 0 Å². The number of aromatic nitrogens is 2. The van der Waals surface area contributed by atoms with Crippen LogP contribution in [-0.2, 0) is 13.0 Å². The number of rotatable bonds is 6. The maximum atomic E-state index is 13.0. The molecule has 0 aliphatic carbocycles. The average Bonchev–Trinajstić information content (AvgIpc) is 3.19. The second-order valence-corrected chi connectivity index (χ2v) is 10.2. The minimum Gasteiger partial charge on any atom is -0.336 e. The van der Waals surface area contributed by atoms with E-state index >= 15 is 0 Å². The molecule has 1 saturated heterocycles. The van der Waals surface area contributed by atoms with E-state index in [1.54, 1.807) is 0 Å². The molecule has 1 aromatic heterocycles. The molecule has 0 saturated carbocycles.